The predicted octanol–water partition coefficient (Wildman–Crippen LogP) is 2.68. The van der Waals surface area contributed by atoms with Gasteiger partial charge in [-0.05, 0) is 20.3 Å². The van der Waals surface area contributed by atoms with Crippen LogP contribution in [0.15, 0.2) is 15.2 Å². The predicted molar refractivity (Wildman–Crippen MR) is 82.8 cm³/mol. The van der Waals surface area contributed by atoms with Crippen LogP contribution in [-0.4, -0.2) is 37.6 Å². The van der Waals surface area contributed by atoms with E-state index in [0.29, 0.717) is 5.71 Å². The fraction of sp³-hybridized carbons (Fsp3) is 0.417. The van der Waals surface area contributed by atoms with Crippen LogP contribution in [0.1, 0.15) is 17.1 Å². The van der Waals surface area contributed by atoms with Crippen molar-refractivity contribution in [1.82, 2.24) is 25.3 Å². The molecule has 1 N–H and O–H groups in total. The average molecular weight is 322 g/mol. The Morgan fingerprint density at radius 1 is 1.29 bits per heavy atom. The number of nitrogens with one attached hydrogen (secondary N) is 1. The van der Waals surface area contributed by atoms with Gasteiger partial charge in [0.15, 0.2) is 4.34 Å². The molecule has 7 nitrogen and oxygen atoms in total. The summed E-state index contributed by atoms with van der Waals surface area (Å²) >= 11 is 3.35. The molecule has 0 unspecified atom stereocenters. The van der Waals surface area contributed by atoms with E-state index in [2.05, 4.69) is 30.6 Å². The Balaban J connectivity index is 1.51. The Labute approximate surface area is 129 Å². The highest BCUT2D eigenvalue weighted by atomic mass is 32.2. The summed E-state index contributed by atoms with van der Waals surface area (Å²) < 4.78 is 6.14. The molecule has 0 aliphatic rings. The standard InChI is InChI=1S/C12H14N6OS2/c1-7-9-10(14-6-15-11(9)19-18-7)13-4-3-5-20-12-17-16-8(2)21-12/h6H,3-5H2,1-2H3,(H,13,14,15). The van der Waals surface area contributed by atoms with Crippen molar-refractivity contribution < 1.29 is 4.52 Å². The topological polar surface area (TPSA) is 89.6 Å². The third-order valence-electron chi connectivity index (χ3n) is 2.79. The maximum absolute atomic E-state index is 5.12. The lowest BCUT2D eigenvalue weighted by Crippen LogP contribution is -2.05. The van der Waals surface area contributed by atoms with E-state index in [1.165, 1.54) is 6.33 Å². The Bertz CT molecular complexity index is 740. The number of nitrogens with zero attached hydrogens (tertiary/aromatic N) is 5. The van der Waals surface area contributed by atoms with E-state index in [-0.39, 0.29) is 0 Å². The van der Waals surface area contributed by atoms with E-state index in [0.717, 1.165) is 45.0 Å². The van der Waals surface area contributed by atoms with Crippen LogP contribution in [0.2, 0.25) is 0 Å². The van der Waals surface area contributed by atoms with Gasteiger partial charge >= 0.3 is 0 Å². The molecule has 0 saturated carbocycles. The van der Waals surface area contributed by atoms with Crippen molar-refractivity contribution in [2.24, 2.45) is 0 Å². The molecule has 3 aromatic rings. The number of hydrogen-bond acceptors (Lipinski definition) is 9. The van der Waals surface area contributed by atoms with Gasteiger partial charge in [-0.1, -0.05) is 28.3 Å². The highest BCUT2D eigenvalue weighted by Gasteiger charge is 2.11. The fourth-order valence-electron chi connectivity index (χ4n) is 1.83. The Kier molecular flexibility index (Phi) is 4.30. The molecule has 0 amide bonds. The summed E-state index contributed by atoms with van der Waals surface area (Å²) in [5.74, 6) is 1.76. The summed E-state index contributed by atoms with van der Waals surface area (Å²) in [6.45, 7) is 4.67. The van der Waals surface area contributed by atoms with Crippen LogP contribution in [0, 0.1) is 13.8 Å². The van der Waals surface area contributed by atoms with Crippen LogP contribution in [0.25, 0.3) is 11.1 Å². The molecule has 21 heavy (non-hydrogen) atoms. The Morgan fingerprint density at radius 3 is 3.00 bits per heavy atom. The van der Waals surface area contributed by atoms with Crippen molar-refractivity contribution in [3.8, 4) is 0 Å². The molecule has 110 valence electrons. The van der Waals surface area contributed by atoms with Gasteiger partial charge in [-0.3, -0.25) is 0 Å². The largest absolute Gasteiger partial charge is 0.369 e. The van der Waals surface area contributed by atoms with Crippen LogP contribution in [0.5, 0.6) is 0 Å². The van der Waals surface area contributed by atoms with Gasteiger partial charge in [-0.15, -0.1) is 10.2 Å². The van der Waals surface area contributed by atoms with E-state index >= 15 is 0 Å². The number of thioether (sulfide) groups is 1. The number of hydrogen-bond donors (Lipinski definition) is 1. The van der Waals surface area contributed by atoms with Crippen LogP contribution in [0.3, 0.4) is 0 Å². The first kappa shape index (κ1) is 14.2. The fourth-order valence-corrected chi connectivity index (χ4v) is 3.66. The van der Waals surface area contributed by atoms with Gasteiger partial charge < -0.3 is 9.84 Å². The molecule has 0 fully saturated rings. The minimum absolute atomic E-state index is 0.517. The zero-order chi connectivity index (χ0) is 14.7. The minimum atomic E-state index is 0.517. The van der Waals surface area contributed by atoms with Crippen LogP contribution < -0.4 is 5.32 Å². The molecule has 0 aliphatic carbocycles. The molecule has 9 heteroatoms. The summed E-state index contributed by atoms with van der Waals surface area (Å²) in [5.41, 5.74) is 1.32. The lowest BCUT2D eigenvalue weighted by atomic mass is 10.3. The number of fused-ring (bicyclic) bond motifs is 1. The normalized spacial score (nSPS) is 11.1. The van der Waals surface area contributed by atoms with Gasteiger partial charge in [0.1, 0.15) is 22.5 Å². The number of aryl methyl sites for hydroxylation is 2. The molecule has 0 saturated heterocycles. The molecule has 0 aromatic carbocycles. The van der Waals surface area contributed by atoms with E-state index < -0.39 is 0 Å². The molecule has 3 heterocycles. The van der Waals surface area contributed by atoms with E-state index in [1.807, 2.05) is 13.8 Å². The zero-order valence-corrected chi connectivity index (χ0v) is 13.3. The SMILES string of the molecule is Cc1nnc(SCCCNc2ncnc3onc(C)c23)s1. The van der Waals surface area contributed by atoms with E-state index in [4.69, 9.17) is 4.52 Å². The number of aromatic nitrogens is 5. The van der Waals surface area contributed by atoms with Crippen LogP contribution in [-0.2, 0) is 0 Å². The first-order valence-corrected chi connectivity index (χ1v) is 8.28. The molecule has 3 aromatic heterocycles. The van der Waals surface area contributed by atoms with Crippen molar-refractivity contribution >= 4 is 40.0 Å². The lowest BCUT2D eigenvalue weighted by Gasteiger charge is -2.05. The summed E-state index contributed by atoms with van der Waals surface area (Å²) in [6, 6.07) is 0. The van der Waals surface area contributed by atoms with Crippen molar-refractivity contribution in [3.05, 3.63) is 17.0 Å². The third-order valence-corrected chi connectivity index (χ3v) is 4.85. The first-order valence-electron chi connectivity index (χ1n) is 6.48. The monoisotopic (exact) mass is 322 g/mol. The maximum atomic E-state index is 5.12. The zero-order valence-electron chi connectivity index (χ0n) is 11.7. The molecular formula is C12H14N6OS2. The second-order valence-electron chi connectivity index (χ2n) is 4.39. The third kappa shape index (κ3) is 3.30. The summed E-state index contributed by atoms with van der Waals surface area (Å²) in [5, 5.41) is 17.2. The van der Waals surface area contributed by atoms with Crippen molar-refractivity contribution in [1.29, 1.82) is 0 Å². The highest BCUT2D eigenvalue weighted by Crippen LogP contribution is 2.24. The molecule has 0 bridgehead atoms. The molecular weight excluding hydrogens is 308 g/mol. The maximum Gasteiger partial charge on any atom is 0.263 e. The molecule has 0 atom stereocenters. The lowest BCUT2D eigenvalue weighted by molar-refractivity contribution is 0.442. The summed E-state index contributed by atoms with van der Waals surface area (Å²) in [4.78, 5) is 8.30. The number of rotatable bonds is 6. The summed E-state index contributed by atoms with van der Waals surface area (Å²) in [6.07, 6.45) is 2.48. The molecule has 0 aliphatic heterocycles. The van der Waals surface area contributed by atoms with Gasteiger partial charge in [-0.25, -0.2) is 4.98 Å². The van der Waals surface area contributed by atoms with Gasteiger partial charge in [0.2, 0.25) is 0 Å². The average Bonchev–Trinajstić information content (AvgIpc) is 3.06. The second-order valence-corrected chi connectivity index (χ2v) is 6.91. The van der Waals surface area contributed by atoms with E-state index in [1.54, 1.807) is 23.1 Å². The highest BCUT2D eigenvalue weighted by molar-refractivity contribution is 8.01. The van der Waals surface area contributed by atoms with Crippen LogP contribution in [0.4, 0.5) is 5.82 Å². The second kappa shape index (κ2) is 6.35. The van der Waals surface area contributed by atoms with Gasteiger partial charge in [0, 0.05) is 12.3 Å². The van der Waals surface area contributed by atoms with Crippen LogP contribution >= 0.6 is 23.1 Å². The Morgan fingerprint density at radius 2 is 2.19 bits per heavy atom. The van der Waals surface area contributed by atoms with Crippen molar-refractivity contribution in [2.75, 3.05) is 17.6 Å². The van der Waals surface area contributed by atoms with Crippen molar-refractivity contribution in [2.45, 2.75) is 24.6 Å². The minimum Gasteiger partial charge on any atom is -0.369 e. The molecule has 3 rings (SSSR count). The van der Waals surface area contributed by atoms with Gasteiger partial charge in [-0.2, -0.15) is 4.98 Å². The van der Waals surface area contributed by atoms with Gasteiger partial charge in [0.25, 0.3) is 5.71 Å². The smallest absolute Gasteiger partial charge is 0.263 e. The Hall–Kier alpha value is -1.74. The number of anilines is 1. The molecule has 0 radical (unpaired) electrons. The first-order chi connectivity index (χ1) is 10.2. The van der Waals surface area contributed by atoms with Gasteiger partial charge in [0.05, 0.1) is 5.69 Å². The molecule has 0 spiro atoms. The van der Waals surface area contributed by atoms with E-state index in [9.17, 15) is 0 Å². The quantitative estimate of drug-likeness (QED) is 0.547. The van der Waals surface area contributed by atoms with Crippen molar-refractivity contribution in [3.63, 3.8) is 0 Å². The summed E-state index contributed by atoms with van der Waals surface area (Å²) in [7, 11) is 0.